The summed E-state index contributed by atoms with van der Waals surface area (Å²) in [5.41, 5.74) is 0. The Morgan fingerprint density at radius 1 is 1.88 bits per heavy atom. The number of ether oxygens (including phenoxy) is 1. The van der Waals surface area contributed by atoms with Crippen molar-refractivity contribution in [2.75, 3.05) is 6.61 Å². The zero-order valence-corrected chi connectivity index (χ0v) is 5.14. The minimum atomic E-state index is -0.769. The number of hydrogen-bond acceptors (Lipinski definition) is 3. The summed E-state index contributed by atoms with van der Waals surface area (Å²) < 4.78 is 4.64. The van der Waals surface area contributed by atoms with Gasteiger partial charge in [0.1, 0.15) is 6.10 Å². The number of rotatable bonds is 2. The lowest BCUT2D eigenvalue weighted by Crippen LogP contribution is -2.17. The van der Waals surface area contributed by atoms with E-state index >= 15 is 0 Å². The molecule has 0 heterocycles. The van der Waals surface area contributed by atoms with Gasteiger partial charge in [0.2, 0.25) is 5.90 Å². The van der Waals surface area contributed by atoms with Gasteiger partial charge in [-0.05, 0) is 13.8 Å². The summed E-state index contributed by atoms with van der Waals surface area (Å²) in [7, 11) is 0. The van der Waals surface area contributed by atoms with Crippen molar-refractivity contribution in [2.45, 2.75) is 20.0 Å². The lowest BCUT2D eigenvalue weighted by molar-refractivity contribution is 0.202. The number of hydrogen-bond donors (Lipinski definition) is 2. The number of nitrogens with one attached hydrogen (secondary N) is 1. The lowest BCUT2D eigenvalue weighted by atomic mass is 10.4. The van der Waals surface area contributed by atoms with E-state index in [1.807, 2.05) is 0 Å². The zero-order valence-electron chi connectivity index (χ0n) is 5.14. The van der Waals surface area contributed by atoms with Gasteiger partial charge in [0.15, 0.2) is 0 Å². The normalized spacial score (nSPS) is 12.9. The fourth-order valence-electron chi connectivity index (χ4n) is 0.276. The van der Waals surface area contributed by atoms with Crippen LogP contribution in [0.2, 0.25) is 0 Å². The van der Waals surface area contributed by atoms with Gasteiger partial charge in [-0.25, -0.2) is 0 Å². The molecule has 0 aromatic heterocycles. The molecule has 0 spiro atoms. The highest BCUT2D eigenvalue weighted by molar-refractivity contribution is 5.76. The summed E-state index contributed by atoms with van der Waals surface area (Å²) in [6.07, 6.45) is -0.769. The molecule has 1 atom stereocenters. The highest BCUT2D eigenvalue weighted by Crippen LogP contribution is 1.84. The van der Waals surface area contributed by atoms with E-state index in [4.69, 9.17) is 10.5 Å². The molecule has 0 bridgehead atoms. The summed E-state index contributed by atoms with van der Waals surface area (Å²) in [4.78, 5) is 0. The third kappa shape index (κ3) is 2.58. The van der Waals surface area contributed by atoms with Crippen LogP contribution in [0.15, 0.2) is 0 Å². The summed E-state index contributed by atoms with van der Waals surface area (Å²) >= 11 is 0. The molecule has 3 nitrogen and oxygen atoms in total. The molecular weight excluding hydrogens is 106 g/mol. The van der Waals surface area contributed by atoms with Crippen molar-refractivity contribution in [3.05, 3.63) is 0 Å². The molecule has 0 fully saturated rings. The Labute approximate surface area is 48.8 Å². The Morgan fingerprint density at radius 3 is 2.50 bits per heavy atom. The van der Waals surface area contributed by atoms with Crippen molar-refractivity contribution in [3.63, 3.8) is 0 Å². The summed E-state index contributed by atoms with van der Waals surface area (Å²) in [6, 6.07) is 0. The molecule has 0 aromatic carbocycles. The molecule has 8 heavy (non-hydrogen) atoms. The Kier molecular flexibility index (Phi) is 3.19. The smallest absolute Gasteiger partial charge is 0.209 e. The van der Waals surface area contributed by atoms with Crippen LogP contribution in [0.1, 0.15) is 13.8 Å². The maximum Gasteiger partial charge on any atom is 0.209 e. The molecule has 0 radical (unpaired) electrons. The van der Waals surface area contributed by atoms with Gasteiger partial charge in [0.05, 0.1) is 6.61 Å². The summed E-state index contributed by atoms with van der Waals surface area (Å²) in [5.74, 6) is -0.0625. The predicted octanol–water partition coefficient (Wildman–Crippen LogP) is 0.381. The highest BCUT2D eigenvalue weighted by atomic mass is 16.5. The maximum absolute atomic E-state index is 8.60. The Bertz CT molecular complexity index is 80.5. The predicted molar refractivity (Wildman–Crippen MR) is 31.0 cm³/mol. The molecule has 0 aliphatic rings. The van der Waals surface area contributed by atoms with Gasteiger partial charge >= 0.3 is 0 Å². The van der Waals surface area contributed by atoms with Crippen LogP contribution in [0.4, 0.5) is 0 Å². The molecule has 0 aromatic rings. The molecule has 3 heteroatoms. The van der Waals surface area contributed by atoms with E-state index in [1.54, 1.807) is 6.92 Å². The third-order valence-corrected chi connectivity index (χ3v) is 0.679. The second-order valence-electron chi connectivity index (χ2n) is 1.47. The van der Waals surface area contributed by atoms with Crippen LogP contribution in [-0.4, -0.2) is 23.7 Å². The Balaban J connectivity index is 3.33. The average Bonchev–Trinajstić information content (AvgIpc) is 1.67. The molecular formula is C5H11NO2. The first kappa shape index (κ1) is 7.43. The molecule has 2 N–H and O–H groups in total. The Hall–Kier alpha value is -0.570. The SMILES string of the molecule is CCOC(=N)[C@@H](C)O. The first-order valence-corrected chi connectivity index (χ1v) is 2.57. The van der Waals surface area contributed by atoms with E-state index in [0.717, 1.165) is 0 Å². The molecule has 48 valence electrons. The topological polar surface area (TPSA) is 53.3 Å². The van der Waals surface area contributed by atoms with Gasteiger partial charge in [0.25, 0.3) is 0 Å². The van der Waals surface area contributed by atoms with E-state index in [-0.39, 0.29) is 5.90 Å². The second-order valence-corrected chi connectivity index (χ2v) is 1.47. The standard InChI is InChI=1S/C5H11NO2/c1-3-8-5(6)4(2)7/h4,6-7H,3H2,1-2H3/t4-/m1/s1. The van der Waals surface area contributed by atoms with Gasteiger partial charge in [0, 0.05) is 0 Å². The van der Waals surface area contributed by atoms with Crippen molar-refractivity contribution >= 4 is 5.90 Å². The van der Waals surface area contributed by atoms with E-state index in [0.29, 0.717) is 6.61 Å². The van der Waals surface area contributed by atoms with Crippen molar-refractivity contribution in [1.82, 2.24) is 0 Å². The van der Waals surface area contributed by atoms with Gasteiger partial charge in [-0.1, -0.05) is 0 Å². The van der Waals surface area contributed by atoms with Crippen LogP contribution in [0, 0.1) is 5.41 Å². The average molecular weight is 117 g/mol. The maximum atomic E-state index is 8.60. The van der Waals surface area contributed by atoms with Crippen molar-refractivity contribution < 1.29 is 9.84 Å². The monoisotopic (exact) mass is 117 g/mol. The molecule has 0 aliphatic heterocycles. The van der Waals surface area contributed by atoms with E-state index in [2.05, 4.69) is 4.74 Å². The van der Waals surface area contributed by atoms with Crippen molar-refractivity contribution in [1.29, 1.82) is 5.41 Å². The fourth-order valence-corrected chi connectivity index (χ4v) is 0.276. The molecule has 0 unspecified atom stereocenters. The number of aliphatic hydroxyl groups is 1. The fraction of sp³-hybridized carbons (Fsp3) is 0.800. The van der Waals surface area contributed by atoms with Crippen LogP contribution in [0.5, 0.6) is 0 Å². The first-order valence-electron chi connectivity index (χ1n) is 2.57. The molecule has 0 saturated carbocycles. The van der Waals surface area contributed by atoms with Gasteiger partial charge in [-0.2, -0.15) is 0 Å². The second kappa shape index (κ2) is 3.43. The van der Waals surface area contributed by atoms with Crippen LogP contribution in [0.25, 0.3) is 0 Å². The third-order valence-electron chi connectivity index (χ3n) is 0.679. The number of aliphatic hydroxyl groups excluding tert-OH is 1. The van der Waals surface area contributed by atoms with Crippen LogP contribution >= 0.6 is 0 Å². The lowest BCUT2D eigenvalue weighted by Gasteiger charge is -2.05. The first-order chi connectivity index (χ1) is 3.68. The highest BCUT2D eigenvalue weighted by Gasteiger charge is 2.01. The quantitative estimate of drug-likeness (QED) is 0.406. The molecule has 0 amide bonds. The molecule has 0 rings (SSSR count). The van der Waals surface area contributed by atoms with Crippen molar-refractivity contribution in [3.8, 4) is 0 Å². The molecule has 0 aliphatic carbocycles. The minimum Gasteiger partial charge on any atom is -0.480 e. The van der Waals surface area contributed by atoms with Crippen molar-refractivity contribution in [2.24, 2.45) is 0 Å². The summed E-state index contributed by atoms with van der Waals surface area (Å²) in [5, 5.41) is 15.5. The molecule has 0 saturated heterocycles. The summed E-state index contributed by atoms with van der Waals surface area (Å²) in [6.45, 7) is 3.72. The van der Waals surface area contributed by atoms with Gasteiger partial charge < -0.3 is 9.84 Å². The van der Waals surface area contributed by atoms with E-state index in [1.165, 1.54) is 6.92 Å². The van der Waals surface area contributed by atoms with Gasteiger partial charge in [-0.15, -0.1) is 0 Å². The van der Waals surface area contributed by atoms with Gasteiger partial charge in [-0.3, -0.25) is 5.41 Å². The largest absolute Gasteiger partial charge is 0.480 e. The van der Waals surface area contributed by atoms with Crippen LogP contribution in [-0.2, 0) is 4.74 Å². The minimum absolute atomic E-state index is 0.0625. The van der Waals surface area contributed by atoms with Crippen LogP contribution in [0.3, 0.4) is 0 Å². The Morgan fingerprint density at radius 2 is 2.38 bits per heavy atom. The van der Waals surface area contributed by atoms with Crippen LogP contribution < -0.4 is 0 Å². The zero-order chi connectivity index (χ0) is 6.57. The van der Waals surface area contributed by atoms with E-state index in [9.17, 15) is 0 Å². The van der Waals surface area contributed by atoms with E-state index < -0.39 is 6.10 Å².